The molecule has 0 bridgehead atoms. The number of anilines is 1. The molecule has 1 fully saturated rings. The molecule has 8 heteroatoms. The van der Waals surface area contributed by atoms with Gasteiger partial charge in [0.15, 0.2) is 11.6 Å². The van der Waals surface area contributed by atoms with Crippen LogP contribution in [-0.2, 0) is 0 Å². The molecule has 110 valence electrons. The maximum absolute atomic E-state index is 12.9. The van der Waals surface area contributed by atoms with Gasteiger partial charge < -0.3 is 10.1 Å². The van der Waals surface area contributed by atoms with Crippen LogP contribution in [0.5, 0.6) is 5.75 Å². The van der Waals surface area contributed by atoms with Gasteiger partial charge >= 0.3 is 12.2 Å². The van der Waals surface area contributed by atoms with E-state index in [2.05, 4.69) is 10.3 Å². The summed E-state index contributed by atoms with van der Waals surface area (Å²) in [6, 6.07) is 2.19. The van der Waals surface area contributed by atoms with Gasteiger partial charge in [0.1, 0.15) is 5.54 Å². The summed E-state index contributed by atoms with van der Waals surface area (Å²) in [5, 5.41) is 4.27. The van der Waals surface area contributed by atoms with Crippen molar-refractivity contribution >= 4 is 11.8 Å². The van der Waals surface area contributed by atoms with Gasteiger partial charge in [-0.15, -0.1) is 0 Å². The van der Waals surface area contributed by atoms with Crippen molar-refractivity contribution in [3.8, 4) is 5.75 Å². The zero-order valence-corrected chi connectivity index (χ0v) is 10.8. The van der Waals surface area contributed by atoms with Crippen molar-refractivity contribution in [1.82, 2.24) is 10.3 Å². The maximum atomic E-state index is 12.9. The fourth-order valence-electron chi connectivity index (χ4n) is 2.01. The monoisotopic (exact) mass is 289 g/mol. The van der Waals surface area contributed by atoms with Crippen LogP contribution in [0.4, 0.5) is 23.8 Å². The van der Waals surface area contributed by atoms with E-state index in [9.17, 15) is 18.0 Å². The highest BCUT2D eigenvalue weighted by molar-refractivity contribution is 5.90. The number of hydrogen-bond donors (Lipinski definition) is 2. The SMILES string of the molecule is COc1cccnc1NC(=O)NC1(C(F)(F)F)CCC1. The molecular formula is C12H14F3N3O2. The van der Waals surface area contributed by atoms with Crippen LogP contribution in [0.25, 0.3) is 0 Å². The first-order chi connectivity index (χ1) is 9.38. The number of ether oxygens (including phenoxy) is 1. The zero-order chi connectivity index (χ0) is 14.8. The van der Waals surface area contributed by atoms with Crippen molar-refractivity contribution in [2.75, 3.05) is 12.4 Å². The smallest absolute Gasteiger partial charge is 0.411 e. The molecule has 1 aromatic heterocycles. The van der Waals surface area contributed by atoms with Crippen molar-refractivity contribution < 1.29 is 22.7 Å². The Hall–Kier alpha value is -1.99. The Bertz CT molecular complexity index is 501. The van der Waals surface area contributed by atoms with Gasteiger partial charge in [0.25, 0.3) is 0 Å². The lowest BCUT2D eigenvalue weighted by molar-refractivity contribution is -0.214. The number of nitrogens with zero attached hydrogens (tertiary/aromatic N) is 1. The zero-order valence-electron chi connectivity index (χ0n) is 10.8. The van der Waals surface area contributed by atoms with Crippen LogP contribution in [-0.4, -0.2) is 29.8 Å². The molecule has 2 amide bonds. The average Bonchev–Trinajstić information content (AvgIpc) is 2.33. The number of pyridine rings is 1. The van der Waals surface area contributed by atoms with E-state index in [-0.39, 0.29) is 24.4 Å². The molecule has 0 spiro atoms. The quantitative estimate of drug-likeness (QED) is 0.899. The van der Waals surface area contributed by atoms with Gasteiger partial charge in [-0.1, -0.05) is 0 Å². The van der Waals surface area contributed by atoms with E-state index >= 15 is 0 Å². The van der Waals surface area contributed by atoms with E-state index in [1.807, 2.05) is 5.32 Å². The molecule has 1 aliphatic carbocycles. The molecule has 1 heterocycles. The third-order valence-corrected chi connectivity index (χ3v) is 3.33. The topological polar surface area (TPSA) is 63.2 Å². The first-order valence-electron chi connectivity index (χ1n) is 6.03. The largest absolute Gasteiger partial charge is 0.493 e. The standard InChI is InChI=1S/C12H14F3N3O2/c1-20-8-4-2-7-16-9(8)17-10(19)18-11(5-3-6-11)12(13,14)15/h2,4,7H,3,5-6H2,1H3,(H2,16,17,18,19). The normalized spacial score (nSPS) is 17.0. The minimum absolute atomic E-state index is 0.0733. The summed E-state index contributed by atoms with van der Waals surface area (Å²) < 4.78 is 43.7. The maximum Gasteiger partial charge on any atom is 0.411 e. The van der Waals surface area contributed by atoms with Crippen LogP contribution in [0.2, 0.25) is 0 Å². The summed E-state index contributed by atoms with van der Waals surface area (Å²) in [6.45, 7) is 0. The Morgan fingerprint density at radius 1 is 1.45 bits per heavy atom. The number of carbonyl (C=O) groups excluding carboxylic acids is 1. The van der Waals surface area contributed by atoms with E-state index in [4.69, 9.17) is 4.74 Å². The van der Waals surface area contributed by atoms with E-state index in [0.29, 0.717) is 6.42 Å². The van der Waals surface area contributed by atoms with Crippen LogP contribution in [0, 0.1) is 0 Å². The number of hydrogen-bond acceptors (Lipinski definition) is 3. The molecular weight excluding hydrogens is 275 g/mol. The Balaban J connectivity index is 2.06. The molecule has 20 heavy (non-hydrogen) atoms. The highest BCUT2D eigenvalue weighted by Crippen LogP contribution is 2.45. The van der Waals surface area contributed by atoms with Gasteiger partial charge in [-0.2, -0.15) is 13.2 Å². The number of halogens is 3. The number of methoxy groups -OCH3 is 1. The van der Waals surface area contributed by atoms with Crippen LogP contribution < -0.4 is 15.4 Å². The third kappa shape index (κ3) is 2.63. The summed E-state index contributed by atoms with van der Waals surface area (Å²) in [7, 11) is 1.38. The Kier molecular flexibility index (Phi) is 3.74. The number of nitrogens with one attached hydrogen (secondary N) is 2. The van der Waals surface area contributed by atoms with E-state index in [0.717, 1.165) is 0 Å². The second-order valence-corrected chi connectivity index (χ2v) is 4.57. The van der Waals surface area contributed by atoms with Gasteiger partial charge in [0, 0.05) is 6.20 Å². The van der Waals surface area contributed by atoms with Gasteiger partial charge in [-0.25, -0.2) is 9.78 Å². The predicted octanol–water partition coefficient (Wildman–Crippen LogP) is 2.70. The lowest BCUT2D eigenvalue weighted by Gasteiger charge is -2.43. The van der Waals surface area contributed by atoms with Crippen molar-refractivity contribution in [3.63, 3.8) is 0 Å². The molecule has 0 radical (unpaired) electrons. The predicted molar refractivity (Wildman–Crippen MR) is 65.6 cm³/mol. The highest BCUT2D eigenvalue weighted by atomic mass is 19.4. The molecule has 1 aliphatic rings. The van der Waals surface area contributed by atoms with E-state index in [1.165, 1.54) is 13.3 Å². The lowest BCUT2D eigenvalue weighted by Crippen LogP contribution is -2.63. The lowest BCUT2D eigenvalue weighted by atomic mass is 9.76. The molecule has 2 rings (SSSR count). The fourth-order valence-corrected chi connectivity index (χ4v) is 2.01. The van der Waals surface area contributed by atoms with E-state index < -0.39 is 17.7 Å². The minimum atomic E-state index is -4.46. The van der Waals surface area contributed by atoms with Crippen LogP contribution >= 0.6 is 0 Å². The Morgan fingerprint density at radius 2 is 2.15 bits per heavy atom. The Morgan fingerprint density at radius 3 is 2.65 bits per heavy atom. The summed E-state index contributed by atoms with van der Waals surface area (Å²) in [4.78, 5) is 15.6. The number of amides is 2. The van der Waals surface area contributed by atoms with Crippen LogP contribution in [0.3, 0.4) is 0 Å². The summed E-state index contributed by atoms with van der Waals surface area (Å²) in [5.74, 6) is 0.349. The van der Waals surface area contributed by atoms with Crippen LogP contribution in [0.1, 0.15) is 19.3 Å². The first kappa shape index (κ1) is 14.4. The second kappa shape index (κ2) is 5.18. The third-order valence-electron chi connectivity index (χ3n) is 3.33. The fraction of sp³-hybridized carbons (Fsp3) is 0.500. The Labute approximate surface area is 113 Å². The molecule has 5 nitrogen and oxygen atoms in total. The molecule has 0 unspecified atom stereocenters. The molecule has 1 aromatic rings. The molecule has 0 aromatic carbocycles. The molecule has 1 saturated carbocycles. The van der Waals surface area contributed by atoms with Gasteiger partial charge in [0.2, 0.25) is 0 Å². The molecule has 0 atom stereocenters. The van der Waals surface area contributed by atoms with Crippen molar-refractivity contribution in [3.05, 3.63) is 18.3 Å². The van der Waals surface area contributed by atoms with Crippen molar-refractivity contribution in [1.29, 1.82) is 0 Å². The van der Waals surface area contributed by atoms with Crippen molar-refractivity contribution in [2.45, 2.75) is 31.0 Å². The highest BCUT2D eigenvalue weighted by Gasteiger charge is 2.59. The summed E-state index contributed by atoms with van der Waals surface area (Å²) >= 11 is 0. The first-order valence-corrected chi connectivity index (χ1v) is 6.03. The number of rotatable bonds is 3. The summed E-state index contributed by atoms with van der Waals surface area (Å²) in [5.41, 5.74) is -2.13. The average molecular weight is 289 g/mol. The molecule has 2 N–H and O–H groups in total. The number of carbonyl (C=O) groups is 1. The van der Waals surface area contributed by atoms with Gasteiger partial charge in [-0.05, 0) is 31.4 Å². The second-order valence-electron chi connectivity index (χ2n) is 4.57. The number of alkyl halides is 3. The van der Waals surface area contributed by atoms with Gasteiger partial charge in [-0.3, -0.25) is 5.32 Å². The molecule has 0 saturated heterocycles. The summed E-state index contributed by atoms with van der Waals surface area (Å²) in [6.07, 6.45) is -2.84. The van der Waals surface area contributed by atoms with Crippen molar-refractivity contribution in [2.24, 2.45) is 0 Å². The van der Waals surface area contributed by atoms with E-state index in [1.54, 1.807) is 12.1 Å². The minimum Gasteiger partial charge on any atom is -0.493 e. The number of urea groups is 1. The van der Waals surface area contributed by atoms with Gasteiger partial charge in [0.05, 0.1) is 7.11 Å². The number of aromatic nitrogens is 1. The van der Waals surface area contributed by atoms with Crippen LogP contribution in [0.15, 0.2) is 18.3 Å². The molecule has 0 aliphatic heterocycles.